The minimum Gasteiger partial charge on any atom is -0.211 e. The van der Waals surface area contributed by atoms with E-state index in [1.807, 2.05) is 18.4 Å². The van der Waals surface area contributed by atoms with Gasteiger partial charge in [-0.1, -0.05) is 0 Å². The van der Waals surface area contributed by atoms with Crippen LogP contribution in [-0.2, 0) is 13.8 Å². The Morgan fingerprint density at radius 3 is 2.31 bits per heavy atom. The summed E-state index contributed by atoms with van der Waals surface area (Å²) in [5, 5.41) is 1.87. The van der Waals surface area contributed by atoms with Crippen molar-refractivity contribution in [3.05, 3.63) is 21.9 Å². The molecule has 0 bridgehead atoms. The maximum Gasteiger partial charge on any atom is 0.242 e. The fourth-order valence-electron chi connectivity index (χ4n) is 1.10. The molecule has 0 unspecified atom stereocenters. The van der Waals surface area contributed by atoms with Gasteiger partial charge in [0.1, 0.15) is 4.75 Å². The van der Waals surface area contributed by atoms with E-state index in [9.17, 15) is 8.42 Å². The highest BCUT2D eigenvalue weighted by Gasteiger charge is 2.36. The molecule has 0 radical (unpaired) electrons. The van der Waals surface area contributed by atoms with Crippen LogP contribution in [0.3, 0.4) is 0 Å². The summed E-state index contributed by atoms with van der Waals surface area (Å²) in [6.07, 6.45) is 0. The van der Waals surface area contributed by atoms with Crippen LogP contribution in [0.4, 0.5) is 0 Å². The largest absolute Gasteiger partial charge is 0.242 e. The van der Waals surface area contributed by atoms with Crippen molar-refractivity contribution < 1.29 is 8.42 Å². The molecule has 1 aromatic heterocycles. The van der Waals surface area contributed by atoms with Gasteiger partial charge in [-0.25, -0.2) is 8.42 Å². The first-order valence-corrected chi connectivity index (χ1v) is 6.94. The molecule has 1 heterocycles. The molecule has 0 aromatic carbocycles. The minimum atomic E-state index is -3.57. The Kier molecular flexibility index (Phi) is 2.76. The van der Waals surface area contributed by atoms with Crippen molar-refractivity contribution >= 4 is 31.1 Å². The molecule has 0 N–H and O–H groups in total. The normalized spacial score (nSPS) is 13.2. The van der Waals surface area contributed by atoms with Crippen molar-refractivity contribution in [2.24, 2.45) is 0 Å². The quantitative estimate of drug-likeness (QED) is 0.743. The minimum absolute atomic E-state index is 0.808. The lowest BCUT2D eigenvalue weighted by molar-refractivity contribution is 0.572. The molecule has 0 aliphatic rings. The van der Waals surface area contributed by atoms with Crippen LogP contribution in [0.2, 0.25) is 0 Å². The summed E-state index contributed by atoms with van der Waals surface area (Å²) in [6, 6.07) is 1.89. The molecule has 1 aromatic rings. The van der Waals surface area contributed by atoms with Gasteiger partial charge in [-0.3, -0.25) is 0 Å². The van der Waals surface area contributed by atoms with Crippen molar-refractivity contribution in [2.75, 3.05) is 0 Å². The lowest BCUT2D eigenvalue weighted by Gasteiger charge is -2.20. The van der Waals surface area contributed by atoms with Crippen molar-refractivity contribution in [1.82, 2.24) is 0 Å². The summed E-state index contributed by atoms with van der Waals surface area (Å²) in [6.45, 7) is 5.12. The summed E-state index contributed by atoms with van der Waals surface area (Å²) < 4.78 is 21.6. The number of hydrogen-bond acceptors (Lipinski definition) is 3. The smallest absolute Gasteiger partial charge is 0.211 e. The lowest BCUT2D eigenvalue weighted by atomic mass is 10.1. The zero-order chi connectivity index (χ0) is 10.3. The van der Waals surface area contributed by atoms with Crippen molar-refractivity contribution in [3.8, 4) is 0 Å². The van der Waals surface area contributed by atoms with Gasteiger partial charge in [-0.15, -0.1) is 11.3 Å². The highest BCUT2D eigenvalue weighted by Crippen LogP contribution is 2.37. The van der Waals surface area contributed by atoms with E-state index < -0.39 is 13.8 Å². The molecule has 0 atom stereocenters. The second kappa shape index (κ2) is 3.26. The van der Waals surface area contributed by atoms with E-state index in [2.05, 4.69) is 0 Å². The van der Waals surface area contributed by atoms with Gasteiger partial charge >= 0.3 is 0 Å². The monoisotopic (exact) mass is 238 g/mol. The molecular weight excluding hydrogens is 228 g/mol. The Labute approximate surface area is 87.0 Å². The van der Waals surface area contributed by atoms with E-state index >= 15 is 0 Å². The van der Waals surface area contributed by atoms with Crippen LogP contribution in [-0.4, -0.2) is 8.42 Å². The van der Waals surface area contributed by atoms with Crippen LogP contribution in [0.15, 0.2) is 11.4 Å². The molecule has 0 spiro atoms. The highest BCUT2D eigenvalue weighted by molar-refractivity contribution is 8.14. The number of hydrogen-bond donors (Lipinski definition) is 0. The van der Waals surface area contributed by atoms with Crippen LogP contribution in [0, 0.1) is 6.92 Å². The van der Waals surface area contributed by atoms with Gasteiger partial charge in [0.15, 0.2) is 0 Å². The van der Waals surface area contributed by atoms with Crippen molar-refractivity contribution in [3.63, 3.8) is 0 Å². The van der Waals surface area contributed by atoms with Gasteiger partial charge in [0, 0.05) is 15.6 Å². The van der Waals surface area contributed by atoms with E-state index in [1.165, 1.54) is 11.3 Å². The maximum atomic E-state index is 11.3. The number of aryl methyl sites for hydroxylation is 1. The fraction of sp³-hybridized carbons (Fsp3) is 0.500. The molecule has 0 aliphatic carbocycles. The Bertz CT molecular complexity index is 404. The van der Waals surface area contributed by atoms with Gasteiger partial charge in [-0.05, 0) is 37.8 Å². The van der Waals surface area contributed by atoms with E-state index in [0.717, 1.165) is 10.4 Å². The third-order valence-electron chi connectivity index (χ3n) is 2.02. The molecule has 13 heavy (non-hydrogen) atoms. The standard InChI is InChI=1S/C8H11ClO2S2/c1-6-4-5-12-7(6)8(2,3)13(9,10)11/h4-5H,1-3H3. The number of halogens is 1. The third kappa shape index (κ3) is 1.90. The molecular formula is C8H11ClO2S2. The third-order valence-corrected chi connectivity index (χ3v) is 6.07. The van der Waals surface area contributed by atoms with Crippen LogP contribution in [0.5, 0.6) is 0 Å². The van der Waals surface area contributed by atoms with Crippen LogP contribution in [0.1, 0.15) is 24.3 Å². The summed E-state index contributed by atoms with van der Waals surface area (Å²) in [5.41, 5.74) is 0.972. The first-order chi connectivity index (χ1) is 5.77. The lowest BCUT2D eigenvalue weighted by Crippen LogP contribution is -2.24. The first-order valence-electron chi connectivity index (χ1n) is 3.75. The van der Waals surface area contributed by atoms with Gasteiger partial charge in [0.2, 0.25) is 9.05 Å². The van der Waals surface area contributed by atoms with Crippen LogP contribution < -0.4 is 0 Å². The van der Waals surface area contributed by atoms with E-state index in [-0.39, 0.29) is 0 Å². The molecule has 0 amide bonds. The molecule has 0 fully saturated rings. The molecule has 74 valence electrons. The summed E-state index contributed by atoms with van der Waals surface area (Å²) in [7, 11) is 1.80. The Morgan fingerprint density at radius 1 is 1.46 bits per heavy atom. The summed E-state index contributed by atoms with van der Waals surface area (Å²) in [4.78, 5) is 0.808. The van der Waals surface area contributed by atoms with Gasteiger partial charge < -0.3 is 0 Å². The Balaban J connectivity index is 3.31. The SMILES string of the molecule is Cc1ccsc1C(C)(C)S(=O)(=O)Cl. The zero-order valence-electron chi connectivity index (χ0n) is 7.67. The fourth-order valence-corrected chi connectivity index (χ4v) is 3.27. The second-order valence-corrected chi connectivity index (χ2v) is 7.41. The zero-order valence-corrected chi connectivity index (χ0v) is 10.1. The van der Waals surface area contributed by atoms with Crippen molar-refractivity contribution in [2.45, 2.75) is 25.5 Å². The molecule has 1 rings (SSSR count). The average molecular weight is 239 g/mol. The average Bonchev–Trinajstić information content (AvgIpc) is 2.32. The highest BCUT2D eigenvalue weighted by atomic mass is 35.7. The number of rotatable bonds is 2. The maximum absolute atomic E-state index is 11.3. The topological polar surface area (TPSA) is 34.1 Å². The van der Waals surface area contributed by atoms with Gasteiger partial charge in [0.25, 0.3) is 0 Å². The van der Waals surface area contributed by atoms with E-state index in [4.69, 9.17) is 10.7 Å². The van der Waals surface area contributed by atoms with Crippen LogP contribution >= 0.6 is 22.0 Å². The Hall–Kier alpha value is -0.0600. The van der Waals surface area contributed by atoms with E-state index in [1.54, 1.807) is 13.8 Å². The summed E-state index contributed by atoms with van der Waals surface area (Å²) >= 11 is 1.42. The predicted octanol–water partition coefficient (Wildman–Crippen LogP) is 2.86. The van der Waals surface area contributed by atoms with Crippen molar-refractivity contribution in [1.29, 1.82) is 0 Å². The second-order valence-electron chi connectivity index (χ2n) is 3.38. The predicted molar refractivity (Wildman–Crippen MR) is 56.9 cm³/mol. The first kappa shape index (κ1) is 11.0. The van der Waals surface area contributed by atoms with E-state index in [0.29, 0.717) is 0 Å². The molecule has 2 nitrogen and oxygen atoms in total. The van der Waals surface area contributed by atoms with Gasteiger partial charge in [-0.2, -0.15) is 0 Å². The van der Waals surface area contributed by atoms with Gasteiger partial charge in [0.05, 0.1) is 0 Å². The molecule has 0 aliphatic heterocycles. The summed E-state index contributed by atoms with van der Waals surface area (Å²) in [5.74, 6) is 0. The molecule has 5 heteroatoms. The van der Waals surface area contributed by atoms with Crippen LogP contribution in [0.25, 0.3) is 0 Å². The Morgan fingerprint density at radius 2 is 2.00 bits per heavy atom. The number of thiophene rings is 1. The molecule has 0 saturated carbocycles. The molecule has 0 saturated heterocycles.